The van der Waals surface area contributed by atoms with Gasteiger partial charge in [0, 0.05) is 6.92 Å². The quantitative estimate of drug-likeness (QED) is 0.562. The normalized spacial score (nSPS) is 13.7. The van der Waals surface area contributed by atoms with Crippen LogP contribution in [0.15, 0.2) is 0 Å². The van der Waals surface area contributed by atoms with E-state index in [1.165, 1.54) is 6.92 Å². The van der Waals surface area contributed by atoms with Crippen LogP contribution in [-0.2, 0) is 9.59 Å². The second kappa shape index (κ2) is 5.54. The molecule has 0 aromatic rings. The fraction of sp³-hybridized carbons (Fsp3) is 0.714. The van der Waals surface area contributed by atoms with Crippen LogP contribution in [0, 0.1) is 0 Å². The van der Waals surface area contributed by atoms with Crippen molar-refractivity contribution in [2.75, 3.05) is 0 Å². The highest BCUT2D eigenvalue weighted by Gasteiger charge is 2.24. The molecule has 0 unspecified atom stereocenters. The van der Waals surface area contributed by atoms with E-state index in [-0.39, 0.29) is 0 Å². The molecule has 0 aliphatic heterocycles. The molecule has 1 atom stereocenters. The smallest absolute Gasteiger partial charge is 0.323 e. The molecule has 4 N–H and O–H groups in total. The van der Waals surface area contributed by atoms with Crippen molar-refractivity contribution in [2.45, 2.75) is 32.7 Å². The molecule has 72 valence electrons. The second-order valence-electron chi connectivity index (χ2n) is 2.60. The number of hydrogen-bond donors (Lipinski definition) is 3. The standard InChI is InChI=1S/C5H11NO2.C2H4O2/c1-3-5(2,6)4(7)8;1-2(3)4/h3,6H2,1-2H3,(H,7,8);1H3,(H,3,4)/t5-;/m0./s1. The third-order valence-electron chi connectivity index (χ3n) is 1.22. The lowest BCUT2D eigenvalue weighted by Gasteiger charge is -2.14. The number of nitrogens with two attached hydrogens (primary N) is 1. The summed E-state index contributed by atoms with van der Waals surface area (Å²) in [6, 6.07) is 0. The highest BCUT2D eigenvalue weighted by atomic mass is 16.4. The Labute approximate surface area is 71.2 Å². The van der Waals surface area contributed by atoms with Crippen molar-refractivity contribution >= 4 is 11.9 Å². The minimum absolute atomic E-state index is 0.461. The summed E-state index contributed by atoms with van der Waals surface area (Å²) in [6.45, 7) is 4.32. The minimum Gasteiger partial charge on any atom is -0.481 e. The van der Waals surface area contributed by atoms with Crippen molar-refractivity contribution in [3.63, 3.8) is 0 Å². The minimum atomic E-state index is -1.04. The maximum atomic E-state index is 10.1. The molecule has 0 aromatic carbocycles. The van der Waals surface area contributed by atoms with Gasteiger partial charge in [0.1, 0.15) is 5.54 Å². The fourth-order valence-electron chi connectivity index (χ4n) is 0.151. The van der Waals surface area contributed by atoms with E-state index < -0.39 is 17.5 Å². The van der Waals surface area contributed by atoms with Crippen LogP contribution in [0.3, 0.4) is 0 Å². The molecule has 12 heavy (non-hydrogen) atoms. The molecule has 5 heteroatoms. The van der Waals surface area contributed by atoms with Crippen LogP contribution in [0.4, 0.5) is 0 Å². The summed E-state index contributed by atoms with van der Waals surface area (Å²) in [5.41, 5.74) is 4.22. The van der Waals surface area contributed by atoms with E-state index in [0.29, 0.717) is 6.42 Å². The van der Waals surface area contributed by atoms with E-state index in [2.05, 4.69) is 0 Å². The summed E-state index contributed by atoms with van der Waals surface area (Å²) in [5.74, 6) is -1.78. The summed E-state index contributed by atoms with van der Waals surface area (Å²) in [6.07, 6.45) is 0.461. The predicted octanol–water partition coefficient (Wildman–Crippen LogP) is 0.289. The first kappa shape index (κ1) is 13.5. The van der Waals surface area contributed by atoms with Crippen molar-refractivity contribution in [1.82, 2.24) is 0 Å². The largest absolute Gasteiger partial charge is 0.481 e. The van der Waals surface area contributed by atoms with Gasteiger partial charge in [-0.25, -0.2) is 0 Å². The molecule has 0 fully saturated rings. The Morgan fingerprint density at radius 2 is 1.67 bits per heavy atom. The molecule has 0 radical (unpaired) electrons. The lowest BCUT2D eigenvalue weighted by Crippen LogP contribution is -2.43. The SMILES string of the molecule is CC(=O)O.CC[C@](C)(N)C(=O)O. The summed E-state index contributed by atoms with van der Waals surface area (Å²) in [4.78, 5) is 19.1. The molecule has 0 aromatic heterocycles. The average molecular weight is 177 g/mol. The first-order valence-corrected chi connectivity index (χ1v) is 3.45. The van der Waals surface area contributed by atoms with Gasteiger partial charge < -0.3 is 15.9 Å². The van der Waals surface area contributed by atoms with Gasteiger partial charge >= 0.3 is 5.97 Å². The molecule has 0 aliphatic rings. The Balaban J connectivity index is 0. The van der Waals surface area contributed by atoms with Gasteiger partial charge in [-0.1, -0.05) is 6.92 Å². The molecule has 5 nitrogen and oxygen atoms in total. The predicted molar refractivity (Wildman–Crippen MR) is 43.8 cm³/mol. The zero-order valence-corrected chi connectivity index (χ0v) is 7.50. The van der Waals surface area contributed by atoms with Crippen molar-refractivity contribution in [2.24, 2.45) is 5.73 Å². The molecular weight excluding hydrogens is 162 g/mol. The van der Waals surface area contributed by atoms with Crippen LogP contribution < -0.4 is 5.73 Å². The number of carboxylic acids is 2. The summed E-state index contributed by atoms with van der Waals surface area (Å²) in [7, 11) is 0. The Bertz CT molecular complexity index is 161. The van der Waals surface area contributed by atoms with Gasteiger partial charge in [0.25, 0.3) is 5.97 Å². The third kappa shape index (κ3) is 8.90. The van der Waals surface area contributed by atoms with E-state index in [9.17, 15) is 4.79 Å². The van der Waals surface area contributed by atoms with E-state index in [4.69, 9.17) is 20.7 Å². The van der Waals surface area contributed by atoms with E-state index in [1.54, 1.807) is 6.92 Å². The van der Waals surface area contributed by atoms with Gasteiger partial charge in [0.05, 0.1) is 0 Å². The zero-order valence-electron chi connectivity index (χ0n) is 7.50. The Morgan fingerprint density at radius 3 is 1.67 bits per heavy atom. The fourth-order valence-corrected chi connectivity index (χ4v) is 0.151. The Kier molecular flexibility index (Phi) is 6.22. The molecule has 0 heterocycles. The highest BCUT2D eigenvalue weighted by molar-refractivity contribution is 5.77. The zero-order chi connectivity index (χ0) is 10.4. The first-order chi connectivity index (χ1) is 5.24. The summed E-state index contributed by atoms with van der Waals surface area (Å²) >= 11 is 0. The lowest BCUT2D eigenvalue weighted by atomic mass is 10.0. The van der Waals surface area contributed by atoms with Crippen molar-refractivity contribution in [3.8, 4) is 0 Å². The first-order valence-electron chi connectivity index (χ1n) is 3.45. The molecule has 0 saturated heterocycles. The number of aliphatic carboxylic acids is 2. The molecule has 0 bridgehead atoms. The van der Waals surface area contributed by atoms with E-state index in [1.807, 2.05) is 0 Å². The molecule has 0 spiro atoms. The van der Waals surface area contributed by atoms with Crippen LogP contribution in [0.5, 0.6) is 0 Å². The van der Waals surface area contributed by atoms with Crippen LogP contribution in [0.25, 0.3) is 0 Å². The van der Waals surface area contributed by atoms with Crippen molar-refractivity contribution < 1.29 is 19.8 Å². The van der Waals surface area contributed by atoms with Gasteiger partial charge in [0.2, 0.25) is 0 Å². The maximum absolute atomic E-state index is 10.1. The topological polar surface area (TPSA) is 101 Å². The van der Waals surface area contributed by atoms with E-state index >= 15 is 0 Å². The summed E-state index contributed by atoms with van der Waals surface area (Å²) in [5, 5.41) is 15.7. The maximum Gasteiger partial charge on any atom is 0.323 e. The van der Waals surface area contributed by atoms with Crippen LogP contribution in [-0.4, -0.2) is 27.7 Å². The van der Waals surface area contributed by atoms with E-state index in [0.717, 1.165) is 6.92 Å². The van der Waals surface area contributed by atoms with Gasteiger partial charge in [-0.15, -0.1) is 0 Å². The Hall–Kier alpha value is -1.10. The number of hydrogen-bond acceptors (Lipinski definition) is 3. The van der Waals surface area contributed by atoms with Gasteiger partial charge in [-0.2, -0.15) is 0 Å². The monoisotopic (exact) mass is 177 g/mol. The van der Waals surface area contributed by atoms with Crippen LogP contribution >= 0.6 is 0 Å². The van der Waals surface area contributed by atoms with Crippen molar-refractivity contribution in [1.29, 1.82) is 0 Å². The average Bonchev–Trinajstić information content (AvgIpc) is 1.86. The molecule has 0 rings (SSSR count). The van der Waals surface area contributed by atoms with Gasteiger partial charge in [-0.3, -0.25) is 9.59 Å². The molecule has 0 amide bonds. The molecule has 0 aliphatic carbocycles. The lowest BCUT2D eigenvalue weighted by molar-refractivity contribution is -0.142. The molecular formula is C7H15NO4. The molecule has 0 saturated carbocycles. The number of carboxylic acid groups (broad SMARTS) is 2. The highest BCUT2D eigenvalue weighted by Crippen LogP contribution is 2.02. The number of rotatable bonds is 2. The third-order valence-corrected chi connectivity index (χ3v) is 1.22. The number of carbonyl (C=O) groups is 2. The van der Waals surface area contributed by atoms with Gasteiger partial charge in [0.15, 0.2) is 0 Å². The Morgan fingerprint density at radius 1 is 1.42 bits per heavy atom. The van der Waals surface area contributed by atoms with Crippen molar-refractivity contribution in [3.05, 3.63) is 0 Å². The van der Waals surface area contributed by atoms with Gasteiger partial charge in [-0.05, 0) is 13.3 Å². The van der Waals surface area contributed by atoms with Crippen LogP contribution in [0.2, 0.25) is 0 Å². The second-order valence-corrected chi connectivity index (χ2v) is 2.60. The van der Waals surface area contributed by atoms with Crippen LogP contribution in [0.1, 0.15) is 27.2 Å². The summed E-state index contributed by atoms with van der Waals surface area (Å²) < 4.78 is 0.